The maximum atomic E-state index is 11.7. The molecule has 6 nitrogen and oxygen atoms in total. The van der Waals surface area contributed by atoms with Gasteiger partial charge >= 0.3 is 0 Å². The van der Waals surface area contributed by atoms with Crippen LogP contribution in [0.2, 0.25) is 0 Å². The third kappa shape index (κ3) is 3.33. The van der Waals surface area contributed by atoms with Crippen molar-refractivity contribution in [3.05, 3.63) is 17.9 Å². The Bertz CT molecular complexity index is 435. The van der Waals surface area contributed by atoms with Gasteiger partial charge in [-0.15, -0.1) is 0 Å². The zero-order valence-corrected chi connectivity index (χ0v) is 10.2. The number of ether oxygens (including phenoxy) is 1. The van der Waals surface area contributed by atoms with Crippen molar-refractivity contribution in [2.45, 2.75) is 25.9 Å². The Labute approximate surface area is 105 Å². The Morgan fingerprint density at radius 2 is 2.28 bits per heavy atom. The molecule has 1 saturated heterocycles. The van der Waals surface area contributed by atoms with Crippen LogP contribution in [0.25, 0.3) is 0 Å². The van der Waals surface area contributed by atoms with Gasteiger partial charge in [-0.2, -0.15) is 0 Å². The minimum Gasteiger partial charge on any atom is -0.435 e. The van der Waals surface area contributed by atoms with Crippen LogP contribution in [0, 0.1) is 0 Å². The molecule has 1 aliphatic heterocycles. The molecule has 1 atom stereocenters. The number of amides is 2. The van der Waals surface area contributed by atoms with E-state index >= 15 is 0 Å². The maximum absolute atomic E-state index is 11.7. The number of hydrogen-bond acceptors (Lipinski definition) is 4. The summed E-state index contributed by atoms with van der Waals surface area (Å²) in [5.74, 6) is -0.0979. The highest BCUT2D eigenvalue weighted by Crippen LogP contribution is 2.14. The molecular weight excluding hydrogens is 236 g/mol. The molecule has 0 bridgehead atoms. The maximum Gasteiger partial charge on any atom is 0.287 e. The van der Waals surface area contributed by atoms with Gasteiger partial charge in [0.15, 0.2) is 11.6 Å². The highest BCUT2D eigenvalue weighted by molar-refractivity contribution is 5.93. The van der Waals surface area contributed by atoms with E-state index in [1.165, 1.54) is 13.0 Å². The van der Waals surface area contributed by atoms with Crippen molar-refractivity contribution in [1.82, 2.24) is 5.32 Å². The molecule has 2 heterocycles. The van der Waals surface area contributed by atoms with Gasteiger partial charge in [-0.1, -0.05) is 0 Å². The molecule has 6 heteroatoms. The number of rotatable bonds is 4. The molecule has 1 aromatic heterocycles. The summed E-state index contributed by atoms with van der Waals surface area (Å²) in [6.45, 7) is 2.61. The highest BCUT2D eigenvalue weighted by Gasteiger charge is 2.18. The van der Waals surface area contributed by atoms with Crippen LogP contribution in [0.1, 0.15) is 30.3 Å². The summed E-state index contributed by atoms with van der Waals surface area (Å²) in [5.41, 5.74) is 0. The second kappa shape index (κ2) is 5.68. The third-order valence-electron chi connectivity index (χ3n) is 2.64. The predicted octanol–water partition coefficient (Wildman–Crippen LogP) is 1.15. The number of furan rings is 1. The fourth-order valence-corrected chi connectivity index (χ4v) is 1.80. The Morgan fingerprint density at radius 1 is 1.44 bits per heavy atom. The van der Waals surface area contributed by atoms with Crippen LogP contribution in [-0.2, 0) is 9.53 Å². The van der Waals surface area contributed by atoms with E-state index in [1.54, 1.807) is 6.07 Å². The minimum absolute atomic E-state index is 0.0960. The van der Waals surface area contributed by atoms with Crippen molar-refractivity contribution in [3.8, 4) is 0 Å². The van der Waals surface area contributed by atoms with Gasteiger partial charge < -0.3 is 14.5 Å². The first-order valence-electron chi connectivity index (χ1n) is 5.92. The number of hydrogen-bond donors (Lipinski definition) is 2. The normalized spacial score (nSPS) is 18.6. The molecule has 18 heavy (non-hydrogen) atoms. The summed E-state index contributed by atoms with van der Waals surface area (Å²) < 4.78 is 10.6. The van der Waals surface area contributed by atoms with E-state index < -0.39 is 0 Å². The van der Waals surface area contributed by atoms with E-state index in [1.807, 2.05) is 0 Å². The van der Waals surface area contributed by atoms with Crippen LogP contribution in [0.5, 0.6) is 0 Å². The monoisotopic (exact) mass is 252 g/mol. The van der Waals surface area contributed by atoms with Crippen molar-refractivity contribution >= 4 is 17.7 Å². The molecule has 2 N–H and O–H groups in total. The predicted molar refractivity (Wildman–Crippen MR) is 64.3 cm³/mol. The van der Waals surface area contributed by atoms with Gasteiger partial charge in [-0.3, -0.25) is 14.9 Å². The van der Waals surface area contributed by atoms with Gasteiger partial charge in [0.2, 0.25) is 5.91 Å². The van der Waals surface area contributed by atoms with Gasteiger partial charge in [0.1, 0.15) is 0 Å². The first-order chi connectivity index (χ1) is 8.65. The summed E-state index contributed by atoms with van der Waals surface area (Å²) in [6, 6.07) is 3.07. The average molecular weight is 252 g/mol. The van der Waals surface area contributed by atoms with E-state index in [-0.39, 0.29) is 29.6 Å². The highest BCUT2D eigenvalue weighted by atomic mass is 16.5. The zero-order valence-electron chi connectivity index (χ0n) is 10.2. The fourth-order valence-electron chi connectivity index (χ4n) is 1.80. The molecule has 0 spiro atoms. The van der Waals surface area contributed by atoms with E-state index in [0.29, 0.717) is 6.54 Å². The first kappa shape index (κ1) is 12.6. The standard InChI is InChI=1S/C12H16N2O4/c1-8(15)14-11-5-4-10(18-11)12(16)13-7-9-3-2-6-17-9/h4-5,9H,2-3,6-7H2,1H3,(H,13,16)(H,14,15). The first-order valence-corrected chi connectivity index (χ1v) is 5.92. The summed E-state index contributed by atoms with van der Waals surface area (Å²) in [7, 11) is 0. The minimum atomic E-state index is -0.304. The topological polar surface area (TPSA) is 80.6 Å². The number of carbonyl (C=O) groups excluding carboxylic acids is 2. The van der Waals surface area contributed by atoms with Crippen LogP contribution in [0.15, 0.2) is 16.5 Å². The summed E-state index contributed by atoms with van der Waals surface area (Å²) in [5, 5.41) is 5.20. The molecule has 2 amide bonds. The molecular formula is C12H16N2O4. The number of nitrogens with one attached hydrogen (secondary N) is 2. The molecule has 0 aromatic carbocycles. The lowest BCUT2D eigenvalue weighted by molar-refractivity contribution is -0.114. The second-order valence-electron chi connectivity index (χ2n) is 4.19. The van der Waals surface area contributed by atoms with Crippen molar-refractivity contribution in [3.63, 3.8) is 0 Å². The van der Waals surface area contributed by atoms with Crippen LogP contribution in [-0.4, -0.2) is 31.1 Å². The van der Waals surface area contributed by atoms with Gasteiger partial charge in [-0.05, 0) is 18.9 Å². The summed E-state index contributed by atoms with van der Waals surface area (Å²) in [4.78, 5) is 22.5. The van der Waals surface area contributed by atoms with E-state index in [2.05, 4.69) is 10.6 Å². The van der Waals surface area contributed by atoms with Gasteiger partial charge in [-0.25, -0.2) is 0 Å². The quantitative estimate of drug-likeness (QED) is 0.842. The summed E-state index contributed by atoms with van der Waals surface area (Å²) in [6.07, 6.45) is 2.10. The SMILES string of the molecule is CC(=O)Nc1ccc(C(=O)NCC2CCCO2)o1. The van der Waals surface area contributed by atoms with Crippen LogP contribution >= 0.6 is 0 Å². The van der Waals surface area contributed by atoms with Crippen molar-refractivity contribution in [2.75, 3.05) is 18.5 Å². The lowest BCUT2D eigenvalue weighted by Gasteiger charge is -2.09. The fraction of sp³-hybridized carbons (Fsp3) is 0.500. The molecule has 0 aliphatic carbocycles. The molecule has 0 saturated carbocycles. The Hall–Kier alpha value is -1.82. The Morgan fingerprint density at radius 3 is 2.94 bits per heavy atom. The lowest BCUT2D eigenvalue weighted by atomic mass is 10.2. The molecule has 1 aliphatic rings. The average Bonchev–Trinajstić information content (AvgIpc) is 2.95. The molecule has 2 rings (SSSR count). The Kier molecular flexibility index (Phi) is 3.99. The van der Waals surface area contributed by atoms with Crippen molar-refractivity contribution in [2.24, 2.45) is 0 Å². The summed E-state index contributed by atoms with van der Waals surface area (Å²) >= 11 is 0. The van der Waals surface area contributed by atoms with E-state index in [9.17, 15) is 9.59 Å². The van der Waals surface area contributed by atoms with Crippen molar-refractivity contribution < 1.29 is 18.7 Å². The Balaban J connectivity index is 1.84. The number of carbonyl (C=O) groups is 2. The zero-order chi connectivity index (χ0) is 13.0. The van der Waals surface area contributed by atoms with Crippen molar-refractivity contribution in [1.29, 1.82) is 0 Å². The largest absolute Gasteiger partial charge is 0.435 e. The van der Waals surface area contributed by atoms with Crippen LogP contribution < -0.4 is 10.6 Å². The number of anilines is 1. The molecule has 1 fully saturated rings. The van der Waals surface area contributed by atoms with Crippen LogP contribution in [0.4, 0.5) is 5.88 Å². The second-order valence-corrected chi connectivity index (χ2v) is 4.19. The lowest BCUT2D eigenvalue weighted by Crippen LogP contribution is -2.31. The molecule has 1 aromatic rings. The molecule has 98 valence electrons. The third-order valence-corrected chi connectivity index (χ3v) is 2.64. The molecule has 0 radical (unpaired) electrons. The van der Waals surface area contributed by atoms with E-state index in [0.717, 1.165) is 19.4 Å². The van der Waals surface area contributed by atoms with Gasteiger partial charge in [0.05, 0.1) is 6.10 Å². The van der Waals surface area contributed by atoms with E-state index in [4.69, 9.17) is 9.15 Å². The van der Waals surface area contributed by atoms with Crippen LogP contribution in [0.3, 0.4) is 0 Å². The smallest absolute Gasteiger partial charge is 0.287 e. The van der Waals surface area contributed by atoms with Gasteiger partial charge in [0.25, 0.3) is 5.91 Å². The van der Waals surface area contributed by atoms with Gasteiger partial charge in [0, 0.05) is 26.1 Å². The molecule has 1 unspecified atom stereocenters.